The molecule has 7 nitrogen and oxygen atoms in total. The predicted molar refractivity (Wildman–Crippen MR) is 105 cm³/mol. The van der Waals surface area contributed by atoms with Crippen LogP contribution < -0.4 is 5.73 Å². The van der Waals surface area contributed by atoms with Gasteiger partial charge in [-0.3, -0.25) is 9.89 Å². The average molecular weight is 425 g/mol. The first-order valence-corrected chi connectivity index (χ1v) is 10.4. The number of H-pyrrole nitrogens is 1. The van der Waals surface area contributed by atoms with Crippen molar-refractivity contribution >= 4 is 22.8 Å². The lowest BCUT2D eigenvalue weighted by molar-refractivity contribution is -0.139. The normalized spacial score (nSPS) is 22.4. The minimum Gasteiger partial charge on any atom is -0.389 e. The fourth-order valence-corrected chi connectivity index (χ4v) is 4.72. The number of aliphatic hydroxyl groups is 1. The quantitative estimate of drug-likeness (QED) is 0.699. The van der Waals surface area contributed by atoms with Crippen molar-refractivity contribution in [1.29, 1.82) is 0 Å². The van der Waals surface area contributed by atoms with Gasteiger partial charge in [-0.1, -0.05) is 19.3 Å². The number of hydrogen-bond acceptors (Lipinski definition) is 5. The van der Waals surface area contributed by atoms with Gasteiger partial charge in [0.2, 0.25) is 5.91 Å². The number of aromatic amines is 1. The summed E-state index contributed by atoms with van der Waals surface area (Å²) in [5.74, 6) is -0.644. The number of hydrogen-bond donors (Lipinski definition) is 3. The molecule has 0 radical (unpaired) electrons. The van der Waals surface area contributed by atoms with E-state index >= 15 is 0 Å². The summed E-state index contributed by atoms with van der Waals surface area (Å²) in [6, 6.07) is 1.03. The SMILES string of the molecule is Nc1[nH]nc2nc([C@@H]3CCCN(C(=O)CC4(O)CCCCC4)C3)cc(C(F)(F)F)c12. The highest BCUT2D eigenvalue weighted by atomic mass is 19.4. The van der Waals surface area contributed by atoms with Gasteiger partial charge in [-0.15, -0.1) is 0 Å². The molecule has 1 atom stereocenters. The number of anilines is 1. The zero-order chi connectivity index (χ0) is 21.5. The van der Waals surface area contributed by atoms with Crippen molar-refractivity contribution < 1.29 is 23.1 Å². The Morgan fingerprint density at radius 3 is 2.73 bits per heavy atom. The molecule has 0 bridgehead atoms. The van der Waals surface area contributed by atoms with Crippen LogP contribution >= 0.6 is 0 Å². The molecule has 4 N–H and O–H groups in total. The molecule has 0 unspecified atom stereocenters. The van der Waals surface area contributed by atoms with E-state index in [1.165, 1.54) is 0 Å². The van der Waals surface area contributed by atoms with Gasteiger partial charge in [0.15, 0.2) is 5.65 Å². The van der Waals surface area contributed by atoms with E-state index in [1.54, 1.807) is 4.90 Å². The van der Waals surface area contributed by atoms with Gasteiger partial charge in [0.1, 0.15) is 5.82 Å². The maximum Gasteiger partial charge on any atom is 0.417 e. The average Bonchev–Trinajstić information content (AvgIpc) is 3.08. The number of nitrogens with one attached hydrogen (secondary N) is 1. The van der Waals surface area contributed by atoms with E-state index in [2.05, 4.69) is 15.2 Å². The molecule has 1 amide bonds. The highest BCUT2D eigenvalue weighted by Crippen LogP contribution is 2.39. The van der Waals surface area contributed by atoms with E-state index < -0.39 is 17.3 Å². The summed E-state index contributed by atoms with van der Waals surface area (Å²) in [6.07, 6.45) is 0.872. The van der Waals surface area contributed by atoms with E-state index in [-0.39, 0.29) is 47.3 Å². The first kappa shape index (κ1) is 20.9. The number of rotatable bonds is 3. The largest absolute Gasteiger partial charge is 0.417 e. The monoisotopic (exact) mass is 425 g/mol. The predicted octanol–water partition coefficient (Wildman–Crippen LogP) is 3.35. The van der Waals surface area contributed by atoms with Gasteiger partial charge in [-0.25, -0.2) is 4.98 Å². The van der Waals surface area contributed by atoms with Crippen LogP contribution in [0.15, 0.2) is 6.07 Å². The summed E-state index contributed by atoms with van der Waals surface area (Å²) in [6.45, 7) is 0.819. The third-order valence-corrected chi connectivity index (χ3v) is 6.33. The van der Waals surface area contributed by atoms with Crippen molar-refractivity contribution in [2.24, 2.45) is 0 Å². The Balaban J connectivity index is 1.56. The van der Waals surface area contributed by atoms with Crippen molar-refractivity contribution in [2.75, 3.05) is 18.8 Å². The Morgan fingerprint density at radius 2 is 2.03 bits per heavy atom. The second-order valence-electron chi connectivity index (χ2n) is 8.57. The van der Waals surface area contributed by atoms with E-state index in [1.807, 2.05) is 0 Å². The molecule has 10 heteroatoms. The van der Waals surface area contributed by atoms with Gasteiger partial charge in [-0.2, -0.15) is 18.3 Å². The minimum atomic E-state index is -4.59. The number of fused-ring (bicyclic) bond motifs is 1. The zero-order valence-electron chi connectivity index (χ0n) is 16.6. The first-order valence-electron chi connectivity index (χ1n) is 10.4. The molecule has 1 saturated carbocycles. The number of piperidine rings is 1. The molecule has 2 aromatic rings. The second kappa shape index (κ2) is 7.72. The van der Waals surface area contributed by atoms with E-state index in [0.717, 1.165) is 25.3 Å². The molecule has 0 aromatic carbocycles. The molecule has 2 fully saturated rings. The van der Waals surface area contributed by atoms with Gasteiger partial charge >= 0.3 is 6.18 Å². The zero-order valence-corrected chi connectivity index (χ0v) is 16.6. The van der Waals surface area contributed by atoms with Crippen LogP contribution in [0.4, 0.5) is 19.0 Å². The van der Waals surface area contributed by atoms with Gasteiger partial charge in [0.05, 0.1) is 23.0 Å². The van der Waals surface area contributed by atoms with E-state index in [9.17, 15) is 23.1 Å². The highest BCUT2D eigenvalue weighted by Gasteiger charge is 2.38. The Labute approximate surface area is 171 Å². The molecule has 164 valence electrons. The lowest BCUT2D eigenvalue weighted by Gasteiger charge is -2.37. The molecule has 4 rings (SSSR count). The maximum atomic E-state index is 13.6. The van der Waals surface area contributed by atoms with Crippen LogP contribution in [0, 0.1) is 0 Å². The number of pyridine rings is 1. The lowest BCUT2D eigenvalue weighted by Crippen LogP contribution is -2.44. The number of halogens is 3. The molecule has 2 aromatic heterocycles. The van der Waals surface area contributed by atoms with Crippen LogP contribution in [0.25, 0.3) is 11.0 Å². The fourth-order valence-electron chi connectivity index (χ4n) is 4.72. The van der Waals surface area contributed by atoms with Crippen LogP contribution in [0.3, 0.4) is 0 Å². The third-order valence-electron chi connectivity index (χ3n) is 6.33. The molecule has 1 saturated heterocycles. The summed E-state index contributed by atoms with van der Waals surface area (Å²) in [5, 5.41) is 16.6. The van der Waals surface area contributed by atoms with Gasteiger partial charge in [-0.05, 0) is 31.7 Å². The van der Waals surface area contributed by atoms with Gasteiger partial charge < -0.3 is 15.7 Å². The number of aromatic nitrogens is 3. The van der Waals surface area contributed by atoms with Crippen LogP contribution in [-0.2, 0) is 11.0 Å². The van der Waals surface area contributed by atoms with Crippen LogP contribution in [-0.4, -0.2) is 49.8 Å². The summed E-state index contributed by atoms with van der Waals surface area (Å²) < 4.78 is 40.8. The molecule has 2 aliphatic rings. The lowest BCUT2D eigenvalue weighted by atomic mass is 9.82. The Bertz CT molecular complexity index is 936. The number of carbonyl (C=O) groups is 1. The van der Waals surface area contributed by atoms with Crippen LogP contribution in [0.5, 0.6) is 0 Å². The summed E-state index contributed by atoms with van der Waals surface area (Å²) in [7, 11) is 0. The second-order valence-corrected chi connectivity index (χ2v) is 8.57. The summed E-state index contributed by atoms with van der Waals surface area (Å²) in [5.41, 5.74) is 3.99. The van der Waals surface area contributed by atoms with Crippen molar-refractivity contribution in [3.05, 3.63) is 17.3 Å². The van der Waals surface area contributed by atoms with Gasteiger partial charge in [0, 0.05) is 24.7 Å². The molecule has 30 heavy (non-hydrogen) atoms. The molecular formula is C20H26F3N5O2. The summed E-state index contributed by atoms with van der Waals surface area (Å²) in [4.78, 5) is 18.8. The number of nitrogens with zero attached hydrogens (tertiary/aromatic N) is 3. The number of carbonyl (C=O) groups excluding carboxylic acids is 1. The Kier molecular flexibility index (Phi) is 5.37. The van der Waals surface area contributed by atoms with Crippen molar-refractivity contribution in [2.45, 2.75) is 69.1 Å². The van der Waals surface area contributed by atoms with Gasteiger partial charge in [0.25, 0.3) is 0 Å². The van der Waals surface area contributed by atoms with E-state index in [0.29, 0.717) is 32.2 Å². The number of nitrogens with two attached hydrogens (primary N) is 1. The first-order chi connectivity index (χ1) is 14.2. The van der Waals surface area contributed by atoms with E-state index in [4.69, 9.17) is 5.73 Å². The number of alkyl halides is 3. The topological polar surface area (TPSA) is 108 Å². The number of nitrogen functional groups attached to an aromatic ring is 1. The molecule has 1 aliphatic heterocycles. The third kappa shape index (κ3) is 4.10. The smallest absolute Gasteiger partial charge is 0.389 e. The Morgan fingerprint density at radius 1 is 1.30 bits per heavy atom. The van der Waals surface area contributed by atoms with Crippen molar-refractivity contribution in [3.8, 4) is 0 Å². The van der Waals surface area contributed by atoms with Crippen LogP contribution in [0.1, 0.15) is 68.5 Å². The van der Waals surface area contributed by atoms with Crippen molar-refractivity contribution in [1.82, 2.24) is 20.1 Å². The maximum absolute atomic E-state index is 13.6. The standard InChI is InChI=1S/C20H26F3N5O2/c21-20(22,23)13-9-14(25-18-16(13)17(24)26-27-18)12-5-4-8-28(11-12)15(29)10-19(30)6-2-1-3-7-19/h9,12,30H,1-8,10-11H2,(H3,24,25,26,27)/t12-/m1/s1. The number of likely N-dealkylation sites (tertiary alicyclic amines) is 1. The molecule has 1 aliphatic carbocycles. The fraction of sp³-hybridized carbons (Fsp3) is 0.650. The number of amides is 1. The molecule has 0 spiro atoms. The van der Waals surface area contributed by atoms with Crippen molar-refractivity contribution in [3.63, 3.8) is 0 Å². The molecule has 3 heterocycles. The van der Waals surface area contributed by atoms with Crippen LogP contribution in [0.2, 0.25) is 0 Å². The summed E-state index contributed by atoms with van der Waals surface area (Å²) >= 11 is 0. The Hall–Kier alpha value is -2.36. The highest BCUT2D eigenvalue weighted by molar-refractivity contribution is 5.89. The molecular weight excluding hydrogens is 399 g/mol. The minimum absolute atomic E-state index is 0.0654.